The number of carbonyl (C=O) groups excluding carboxylic acids is 1. The highest BCUT2D eigenvalue weighted by Crippen LogP contribution is 2.33. The molecule has 0 bridgehead atoms. The van der Waals surface area contributed by atoms with Crippen molar-refractivity contribution in [3.05, 3.63) is 28.8 Å². The van der Waals surface area contributed by atoms with Crippen molar-refractivity contribution in [2.75, 3.05) is 0 Å². The minimum absolute atomic E-state index is 0.0595. The van der Waals surface area contributed by atoms with Crippen molar-refractivity contribution in [3.8, 4) is 5.75 Å². The molecule has 1 fully saturated rings. The van der Waals surface area contributed by atoms with Gasteiger partial charge in [-0.1, -0.05) is 18.5 Å². The fraction of sp³-hybridized carbons (Fsp3) is 0.467. The Kier molecular flexibility index (Phi) is 4.42. The van der Waals surface area contributed by atoms with E-state index in [0.29, 0.717) is 18.8 Å². The SMILES string of the molecule is CC1CCC(NC(=O)c2ccc(O)c(Cl)c2)(C(=O)O)CC1. The third-order valence-corrected chi connectivity index (χ3v) is 4.40. The molecule has 5 nitrogen and oxygen atoms in total. The van der Waals surface area contributed by atoms with Crippen molar-refractivity contribution in [2.24, 2.45) is 5.92 Å². The van der Waals surface area contributed by atoms with E-state index in [-0.39, 0.29) is 16.3 Å². The van der Waals surface area contributed by atoms with Crippen LogP contribution in [0.1, 0.15) is 43.0 Å². The predicted molar refractivity (Wildman–Crippen MR) is 78.6 cm³/mol. The molecular formula is C15H18ClNO4. The molecule has 0 aromatic heterocycles. The second-order valence-electron chi connectivity index (χ2n) is 5.69. The number of aliphatic carboxylic acids is 1. The van der Waals surface area contributed by atoms with Crippen molar-refractivity contribution in [3.63, 3.8) is 0 Å². The number of benzene rings is 1. The van der Waals surface area contributed by atoms with E-state index in [0.717, 1.165) is 12.8 Å². The van der Waals surface area contributed by atoms with Crippen LogP contribution in [0.3, 0.4) is 0 Å². The molecule has 1 saturated carbocycles. The number of nitrogens with one attached hydrogen (secondary N) is 1. The number of carbonyl (C=O) groups is 2. The van der Waals surface area contributed by atoms with Gasteiger partial charge in [0.2, 0.25) is 0 Å². The second kappa shape index (κ2) is 5.93. The van der Waals surface area contributed by atoms with Crippen LogP contribution in [-0.4, -0.2) is 27.6 Å². The number of phenols is 1. The van der Waals surface area contributed by atoms with E-state index in [2.05, 4.69) is 12.2 Å². The average molecular weight is 312 g/mol. The molecule has 114 valence electrons. The van der Waals surface area contributed by atoms with Gasteiger partial charge >= 0.3 is 5.97 Å². The molecular weight excluding hydrogens is 294 g/mol. The van der Waals surface area contributed by atoms with Crippen molar-refractivity contribution < 1.29 is 19.8 Å². The number of amides is 1. The highest BCUT2D eigenvalue weighted by atomic mass is 35.5. The van der Waals surface area contributed by atoms with Crippen molar-refractivity contribution in [2.45, 2.75) is 38.1 Å². The van der Waals surface area contributed by atoms with Gasteiger partial charge in [0, 0.05) is 5.56 Å². The van der Waals surface area contributed by atoms with E-state index in [1.54, 1.807) is 0 Å². The molecule has 0 aliphatic heterocycles. The quantitative estimate of drug-likeness (QED) is 0.801. The topological polar surface area (TPSA) is 86.6 Å². The molecule has 3 N–H and O–H groups in total. The number of carboxylic acids is 1. The fourth-order valence-corrected chi connectivity index (χ4v) is 2.77. The lowest BCUT2D eigenvalue weighted by molar-refractivity contribution is -0.146. The number of hydrogen-bond donors (Lipinski definition) is 3. The zero-order valence-corrected chi connectivity index (χ0v) is 12.5. The Hall–Kier alpha value is -1.75. The summed E-state index contributed by atoms with van der Waals surface area (Å²) in [6.07, 6.45) is 2.37. The average Bonchev–Trinajstić information content (AvgIpc) is 2.44. The maximum absolute atomic E-state index is 12.3. The lowest BCUT2D eigenvalue weighted by atomic mass is 9.77. The third-order valence-electron chi connectivity index (χ3n) is 4.10. The lowest BCUT2D eigenvalue weighted by Crippen LogP contribution is -2.56. The maximum Gasteiger partial charge on any atom is 0.329 e. The summed E-state index contributed by atoms with van der Waals surface area (Å²) in [4.78, 5) is 23.8. The summed E-state index contributed by atoms with van der Waals surface area (Å²) in [6, 6.07) is 4.05. The summed E-state index contributed by atoms with van der Waals surface area (Å²) in [5.74, 6) is -1.15. The Balaban J connectivity index is 2.19. The first-order valence-corrected chi connectivity index (χ1v) is 7.26. The summed E-state index contributed by atoms with van der Waals surface area (Å²) in [5.41, 5.74) is -0.981. The van der Waals surface area contributed by atoms with Crippen LogP contribution in [0.2, 0.25) is 5.02 Å². The van der Waals surface area contributed by atoms with Crippen LogP contribution in [0.25, 0.3) is 0 Å². The zero-order chi connectivity index (χ0) is 15.6. The minimum atomic E-state index is -1.21. The normalized spacial score (nSPS) is 25.3. The van der Waals surface area contributed by atoms with Crippen LogP contribution in [0, 0.1) is 5.92 Å². The van der Waals surface area contributed by atoms with E-state index >= 15 is 0 Å². The Morgan fingerprint density at radius 1 is 1.33 bits per heavy atom. The molecule has 0 radical (unpaired) electrons. The molecule has 1 aliphatic rings. The number of rotatable bonds is 3. The van der Waals surface area contributed by atoms with Gasteiger partial charge in [0.05, 0.1) is 5.02 Å². The summed E-state index contributed by atoms with van der Waals surface area (Å²) < 4.78 is 0. The Morgan fingerprint density at radius 2 is 1.95 bits per heavy atom. The first kappa shape index (κ1) is 15.6. The summed E-state index contributed by atoms with van der Waals surface area (Å²) in [7, 11) is 0. The van der Waals surface area contributed by atoms with E-state index in [9.17, 15) is 19.8 Å². The molecule has 21 heavy (non-hydrogen) atoms. The molecule has 6 heteroatoms. The molecule has 0 unspecified atom stereocenters. The molecule has 0 spiro atoms. The highest BCUT2D eigenvalue weighted by molar-refractivity contribution is 6.32. The minimum Gasteiger partial charge on any atom is -0.506 e. The lowest BCUT2D eigenvalue weighted by Gasteiger charge is -2.36. The summed E-state index contributed by atoms with van der Waals surface area (Å²) in [6.45, 7) is 2.08. The maximum atomic E-state index is 12.3. The molecule has 1 amide bonds. The van der Waals surface area contributed by atoms with E-state index in [1.165, 1.54) is 18.2 Å². The Bertz CT molecular complexity index is 565. The molecule has 1 aromatic rings. The fourth-order valence-electron chi connectivity index (χ4n) is 2.58. The Labute approximate surface area is 127 Å². The summed E-state index contributed by atoms with van der Waals surface area (Å²) >= 11 is 5.77. The van der Waals surface area contributed by atoms with Gasteiger partial charge in [-0.05, 0) is 49.8 Å². The predicted octanol–water partition coefficient (Wildman–Crippen LogP) is 2.81. The van der Waals surface area contributed by atoms with E-state index in [4.69, 9.17) is 11.6 Å². The number of phenolic OH excluding ortho intramolecular Hbond substituents is 1. The number of hydrogen-bond acceptors (Lipinski definition) is 3. The van der Waals surface area contributed by atoms with Crippen molar-refractivity contribution in [1.29, 1.82) is 0 Å². The van der Waals surface area contributed by atoms with Gasteiger partial charge in [0.25, 0.3) is 5.91 Å². The van der Waals surface area contributed by atoms with E-state index in [1.807, 2.05) is 0 Å². The highest BCUT2D eigenvalue weighted by Gasteiger charge is 2.42. The number of halogens is 1. The second-order valence-corrected chi connectivity index (χ2v) is 6.10. The van der Waals surface area contributed by atoms with Gasteiger partial charge in [0.15, 0.2) is 0 Å². The van der Waals surface area contributed by atoms with Gasteiger partial charge in [-0.25, -0.2) is 4.79 Å². The molecule has 1 aliphatic carbocycles. The van der Waals surface area contributed by atoms with Gasteiger partial charge < -0.3 is 15.5 Å². The van der Waals surface area contributed by atoms with Crippen molar-refractivity contribution in [1.82, 2.24) is 5.32 Å². The molecule has 0 saturated heterocycles. The first-order valence-electron chi connectivity index (χ1n) is 6.88. The van der Waals surface area contributed by atoms with Crippen LogP contribution in [-0.2, 0) is 4.79 Å². The Morgan fingerprint density at radius 3 is 2.48 bits per heavy atom. The van der Waals surface area contributed by atoms with Crippen LogP contribution >= 0.6 is 11.6 Å². The molecule has 0 atom stereocenters. The molecule has 1 aromatic carbocycles. The largest absolute Gasteiger partial charge is 0.506 e. The summed E-state index contributed by atoms with van der Waals surface area (Å²) in [5, 5.41) is 21.5. The monoisotopic (exact) mass is 311 g/mol. The van der Waals surface area contributed by atoms with Gasteiger partial charge in [-0.15, -0.1) is 0 Å². The smallest absolute Gasteiger partial charge is 0.329 e. The number of carboxylic acid groups (broad SMARTS) is 1. The van der Waals surface area contributed by atoms with Crippen LogP contribution in [0.5, 0.6) is 5.75 Å². The van der Waals surface area contributed by atoms with Crippen LogP contribution < -0.4 is 5.32 Å². The molecule has 2 rings (SSSR count). The van der Waals surface area contributed by atoms with Crippen molar-refractivity contribution >= 4 is 23.5 Å². The standard InChI is InChI=1S/C15H18ClNO4/c1-9-4-6-15(7-5-9,14(20)21)17-13(19)10-2-3-12(18)11(16)8-10/h2-3,8-9,18H,4-7H2,1H3,(H,17,19)(H,20,21). The van der Waals surface area contributed by atoms with Gasteiger partial charge in [-0.2, -0.15) is 0 Å². The zero-order valence-electron chi connectivity index (χ0n) is 11.7. The van der Waals surface area contributed by atoms with Gasteiger partial charge in [0.1, 0.15) is 11.3 Å². The van der Waals surface area contributed by atoms with Gasteiger partial charge in [-0.3, -0.25) is 4.79 Å². The van der Waals surface area contributed by atoms with Crippen LogP contribution in [0.15, 0.2) is 18.2 Å². The number of aromatic hydroxyl groups is 1. The van der Waals surface area contributed by atoms with E-state index < -0.39 is 17.4 Å². The third kappa shape index (κ3) is 3.29. The molecule has 0 heterocycles. The first-order chi connectivity index (χ1) is 9.84. The van der Waals surface area contributed by atoms with Crippen LogP contribution in [0.4, 0.5) is 0 Å².